The molecule has 8 nitrogen and oxygen atoms in total. The molecule has 0 bridgehead atoms. The summed E-state index contributed by atoms with van der Waals surface area (Å²) in [5, 5.41) is 0. The summed E-state index contributed by atoms with van der Waals surface area (Å²) in [5.74, 6) is 2.22. The number of benzene rings is 3. The number of carbonyl (C=O) groups excluding carboxylic acids is 1. The number of methoxy groups -OCH3 is 2. The van der Waals surface area contributed by atoms with Gasteiger partial charge in [0.2, 0.25) is 0 Å². The van der Waals surface area contributed by atoms with Crippen LogP contribution >= 0.6 is 0 Å². The summed E-state index contributed by atoms with van der Waals surface area (Å²) in [6, 6.07) is 19.1. The van der Waals surface area contributed by atoms with E-state index in [0.717, 1.165) is 71.0 Å². The fourth-order valence-electron chi connectivity index (χ4n) is 4.92. The van der Waals surface area contributed by atoms with Crippen molar-refractivity contribution in [1.29, 1.82) is 0 Å². The number of aryl methyl sites for hydroxylation is 1. The minimum atomic E-state index is -1.20. The molecular weight excluding hydrogens is 600 g/mol. The third kappa shape index (κ3) is 9.89. The standard InChI is InChI=1S/C37H44N2O6S/c1-5-7-19-44-20-21-45-34-14-11-29(12-15-34)31-23-30(37(43-4)36(24-31)42-3)10-13-33(40)22-28-8-16-35(17-9-28)46(41)26-32-25-38-27-39(32)18-6-2/h8-17,23-25,27H,5-7,18-22,26H2,1-4H3/b13-10+/t46-/m1/s1. The quantitative estimate of drug-likeness (QED) is 0.0782. The largest absolute Gasteiger partial charge is 0.493 e. The normalized spacial score (nSPS) is 11.9. The fourth-order valence-corrected chi connectivity index (χ4v) is 6.04. The third-order valence-corrected chi connectivity index (χ3v) is 8.75. The predicted molar refractivity (Wildman–Crippen MR) is 183 cm³/mol. The lowest BCUT2D eigenvalue weighted by Crippen LogP contribution is -2.07. The van der Waals surface area contributed by atoms with E-state index in [1.54, 1.807) is 38.9 Å². The van der Waals surface area contributed by atoms with E-state index >= 15 is 0 Å². The summed E-state index contributed by atoms with van der Waals surface area (Å²) in [6.07, 6.45) is 10.2. The zero-order chi connectivity index (χ0) is 32.7. The number of ketones is 1. The monoisotopic (exact) mass is 644 g/mol. The van der Waals surface area contributed by atoms with Gasteiger partial charge in [0.15, 0.2) is 17.3 Å². The van der Waals surface area contributed by atoms with Gasteiger partial charge in [-0.1, -0.05) is 44.5 Å². The Morgan fingerprint density at radius 2 is 1.70 bits per heavy atom. The maximum atomic E-state index is 13.0. The molecule has 0 fully saturated rings. The van der Waals surface area contributed by atoms with Crippen LogP contribution in [0.1, 0.15) is 49.9 Å². The molecule has 9 heteroatoms. The van der Waals surface area contributed by atoms with Gasteiger partial charge in [-0.25, -0.2) is 4.98 Å². The highest BCUT2D eigenvalue weighted by molar-refractivity contribution is 7.84. The van der Waals surface area contributed by atoms with E-state index in [1.807, 2.05) is 65.2 Å². The molecule has 0 aliphatic rings. The van der Waals surface area contributed by atoms with Crippen LogP contribution in [0.5, 0.6) is 17.2 Å². The van der Waals surface area contributed by atoms with Crippen molar-refractivity contribution in [2.24, 2.45) is 0 Å². The minimum absolute atomic E-state index is 0.0658. The number of aromatic nitrogens is 2. The van der Waals surface area contributed by atoms with Gasteiger partial charge in [0.25, 0.3) is 0 Å². The van der Waals surface area contributed by atoms with E-state index in [1.165, 1.54) is 0 Å². The predicted octanol–water partition coefficient (Wildman–Crippen LogP) is 7.31. The number of nitrogens with zero attached hydrogens (tertiary/aromatic N) is 2. The lowest BCUT2D eigenvalue weighted by molar-refractivity contribution is -0.113. The van der Waals surface area contributed by atoms with E-state index in [4.69, 9.17) is 18.9 Å². The van der Waals surface area contributed by atoms with E-state index in [2.05, 4.69) is 18.8 Å². The number of ether oxygens (including phenoxy) is 4. The number of carbonyl (C=O) groups is 1. The lowest BCUT2D eigenvalue weighted by atomic mass is 10.0. The van der Waals surface area contributed by atoms with Gasteiger partial charge in [0.05, 0.1) is 49.4 Å². The van der Waals surface area contributed by atoms with Crippen molar-refractivity contribution in [3.8, 4) is 28.4 Å². The molecule has 0 saturated carbocycles. The number of rotatable bonds is 19. The highest BCUT2D eigenvalue weighted by Gasteiger charge is 2.14. The second kappa shape index (κ2) is 18.1. The highest BCUT2D eigenvalue weighted by Crippen LogP contribution is 2.37. The van der Waals surface area contributed by atoms with Gasteiger partial charge in [-0.15, -0.1) is 0 Å². The molecule has 0 aliphatic heterocycles. The van der Waals surface area contributed by atoms with E-state index < -0.39 is 10.8 Å². The number of unbranched alkanes of at least 4 members (excludes halogenated alkanes) is 1. The van der Waals surface area contributed by atoms with Crippen LogP contribution in [-0.4, -0.2) is 53.6 Å². The van der Waals surface area contributed by atoms with Crippen LogP contribution in [0.25, 0.3) is 17.2 Å². The Bertz CT molecular complexity index is 1600. The zero-order valence-corrected chi connectivity index (χ0v) is 28.0. The van der Waals surface area contributed by atoms with Crippen molar-refractivity contribution in [1.82, 2.24) is 9.55 Å². The molecule has 4 rings (SSSR count). The molecule has 1 aromatic heterocycles. The summed E-state index contributed by atoms with van der Waals surface area (Å²) in [4.78, 5) is 17.9. The smallest absolute Gasteiger partial charge is 0.167 e. The fraction of sp³-hybridized carbons (Fsp3) is 0.351. The van der Waals surface area contributed by atoms with Crippen molar-refractivity contribution in [2.45, 2.75) is 56.7 Å². The second-order valence-corrected chi connectivity index (χ2v) is 12.3. The van der Waals surface area contributed by atoms with Crippen LogP contribution in [-0.2, 0) is 39.0 Å². The number of hydrogen-bond acceptors (Lipinski definition) is 7. The second-order valence-electron chi connectivity index (χ2n) is 10.8. The molecule has 0 amide bonds. The van der Waals surface area contributed by atoms with Crippen LogP contribution in [0.15, 0.2) is 84.2 Å². The number of allylic oxidation sites excluding steroid dienone is 1. The average Bonchev–Trinajstić information content (AvgIpc) is 3.51. The first-order valence-corrected chi connectivity index (χ1v) is 17.0. The van der Waals surface area contributed by atoms with Crippen LogP contribution < -0.4 is 14.2 Å². The lowest BCUT2D eigenvalue weighted by Gasteiger charge is -2.14. The van der Waals surface area contributed by atoms with Crippen molar-refractivity contribution in [3.63, 3.8) is 0 Å². The van der Waals surface area contributed by atoms with Crippen LogP contribution in [0.3, 0.4) is 0 Å². The van der Waals surface area contributed by atoms with Gasteiger partial charge in [-0.2, -0.15) is 0 Å². The number of imidazole rings is 1. The van der Waals surface area contributed by atoms with Gasteiger partial charge in [0, 0.05) is 36.2 Å². The highest BCUT2D eigenvalue weighted by atomic mass is 32.2. The Kier molecular flexibility index (Phi) is 13.6. The van der Waals surface area contributed by atoms with Gasteiger partial charge in [-0.05, 0) is 78.1 Å². The SMILES string of the molecule is CCCCOCCOc1ccc(-c2cc(/C=C/C(=O)Cc3ccc([S@](=O)Cc4cncn4CCC)cc3)c(OC)c(OC)c2)cc1. The third-order valence-electron chi connectivity index (χ3n) is 7.39. The summed E-state index contributed by atoms with van der Waals surface area (Å²) in [7, 11) is 1.97. The molecule has 0 saturated heterocycles. The van der Waals surface area contributed by atoms with Crippen LogP contribution in [0, 0.1) is 0 Å². The van der Waals surface area contributed by atoms with Crippen molar-refractivity contribution < 1.29 is 28.0 Å². The van der Waals surface area contributed by atoms with Crippen LogP contribution in [0.4, 0.5) is 0 Å². The molecule has 0 N–H and O–H groups in total. The molecule has 0 unspecified atom stereocenters. The molecular formula is C37H44N2O6S. The van der Waals surface area contributed by atoms with Crippen molar-refractivity contribution in [2.75, 3.05) is 34.0 Å². The van der Waals surface area contributed by atoms with Gasteiger partial charge >= 0.3 is 0 Å². The first-order valence-electron chi connectivity index (χ1n) is 15.7. The average molecular weight is 645 g/mol. The van der Waals surface area contributed by atoms with Gasteiger partial charge in [-0.3, -0.25) is 9.00 Å². The molecule has 0 aliphatic carbocycles. The molecule has 0 spiro atoms. The van der Waals surface area contributed by atoms with Crippen LogP contribution in [0.2, 0.25) is 0 Å². The van der Waals surface area contributed by atoms with Crippen molar-refractivity contribution in [3.05, 3.63) is 96.1 Å². The maximum Gasteiger partial charge on any atom is 0.167 e. The molecule has 3 aromatic carbocycles. The molecule has 46 heavy (non-hydrogen) atoms. The Morgan fingerprint density at radius 1 is 0.913 bits per heavy atom. The number of hydrogen-bond donors (Lipinski definition) is 0. The van der Waals surface area contributed by atoms with Gasteiger partial charge in [0.1, 0.15) is 12.4 Å². The molecule has 244 valence electrons. The minimum Gasteiger partial charge on any atom is -0.493 e. The Morgan fingerprint density at radius 3 is 2.39 bits per heavy atom. The summed E-state index contributed by atoms with van der Waals surface area (Å²) in [5.41, 5.74) is 4.41. The van der Waals surface area contributed by atoms with E-state index in [-0.39, 0.29) is 12.2 Å². The summed E-state index contributed by atoms with van der Waals surface area (Å²) in [6.45, 7) is 6.90. The zero-order valence-electron chi connectivity index (χ0n) is 27.2. The van der Waals surface area contributed by atoms with Crippen molar-refractivity contribution >= 4 is 22.7 Å². The first kappa shape index (κ1) is 34.7. The van der Waals surface area contributed by atoms with Gasteiger partial charge < -0.3 is 23.5 Å². The Hall–Kier alpha value is -4.21. The topological polar surface area (TPSA) is 88.9 Å². The summed E-state index contributed by atoms with van der Waals surface area (Å²) >= 11 is 0. The molecule has 4 aromatic rings. The Balaban J connectivity index is 1.40. The van der Waals surface area contributed by atoms with E-state index in [9.17, 15) is 9.00 Å². The summed E-state index contributed by atoms with van der Waals surface area (Å²) < 4.78 is 37.7. The Labute approximate surface area is 274 Å². The maximum absolute atomic E-state index is 13.0. The first-order chi connectivity index (χ1) is 22.4. The molecule has 1 atom stereocenters. The molecule has 1 heterocycles. The van der Waals surface area contributed by atoms with E-state index in [0.29, 0.717) is 30.5 Å². The molecule has 0 radical (unpaired) electrons.